The third kappa shape index (κ3) is 4.28. The molecule has 0 saturated heterocycles. The van der Waals surface area contributed by atoms with Gasteiger partial charge in [-0.25, -0.2) is 12.7 Å². The van der Waals surface area contributed by atoms with Gasteiger partial charge in [-0.3, -0.25) is 4.90 Å². The van der Waals surface area contributed by atoms with E-state index in [1.807, 2.05) is 43.3 Å². The molecule has 0 aromatic heterocycles. The van der Waals surface area contributed by atoms with Gasteiger partial charge in [-0.2, -0.15) is 0 Å². The Morgan fingerprint density at radius 1 is 1.00 bits per heavy atom. The highest BCUT2D eigenvalue weighted by atomic mass is 32.2. The van der Waals surface area contributed by atoms with Crippen molar-refractivity contribution >= 4 is 33.4 Å². The molecule has 0 N–H and O–H groups in total. The van der Waals surface area contributed by atoms with Gasteiger partial charge in [-0.05, 0) is 50.0 Å². The van der Waals surface area contributed by atoms with Crippen LogP contribution in [0.15, 0.2) is 57.2 Å². The monoisotopic (exact) mass is 398 g/mol. The lowest BCUT2D eigenvalue weighted by Crippen LogP contribution is -2.22. The van der Waals surface area contributed by atoms with Gasteiger partial charge in [0.1, 0.15) is 0 Å². The van der Waals surface area contributed by atoms with E-state index in [-0.39, 0.29) is 4.90 Å². The Bertz CT molecular complexity index is 1060. The van der Waals surface area contributed by atoms with Crippen molar-refractivity contribution in [3.63, 3.8) is 0 Å². The second-order valence-electron chi connectivity index (χ2n) is 6.68. The summed E-state index contributed by atoms with van der Waals surface area (Å²) in [4.78, 5) is 4.41. The molecule has 1 heterocycles. The van der Waals surface area contributed by atoms with Gasteiger partial charge in [0.25, 0.3) is 0 Å². The first-order chi connectivity index (χ1) is 12.8. The summed E-state index contributed by atoms with van der Waals surface area (Å²) in [6.07, 6.45) is 2.04. The van der Waals surface area contributed by atoms with Gasteiger partial charge in [0.2, 0.25) is 10.0 Å². The van der Waals surface area contributed by atoms with Crippen LogP contribution in [-0.2, 0) is 10.0 Å². The van der Waals surface area contributed by atoms with Crippen LogP contribution in [0.5, 0.6) is 0 Å². The highest BCUT2D eigenvalue weighted by molar-refractivity contribution is 7.99. The average molecular weight is 399 g/mol. The molecule has 4 nitrogen and oxygen atoms in total. The highest BCUT2D eigenvalue weighted by Crippen LogP contribution is 2.41. The lowest BCUT2D eigenvalue weighted by atomic mass is 10.0. The van der Waals surface area contributed by atoms with E-state index in [4.69, 9.17) is 0 Å². The molecule has 0 saturated carbocycles. The number of rotatable bonds is 3. The molecular formula is C21H22N2O2S2. The van der Waals surface area contributed by atoms with Crippen LogP contribution in [0.4, 0.5) is 0 Å². The summed E-state index contributed by atoms with van der Waals surface area (Å²) in [5, 5.41) is 0. The molecule has 2 aromatic rings. The minimum Gasteiger partial charge on any atom is -0.299 e. The number of allylic oxidation sites excluding steroid dienone is 1. The van der Waals surface area contributed by atoms with E-state index in [0.717, 1.165) is 26.5 Å². The van der Waals surface area contributed by atoms with Gasteiger partial charge in [-0.15, -0.1) is 0 Å². The van der Waals surface area contributed by atoms with E-state index in [1.165, 1.54) is 4.31 Å². The van der Waals surface area contributed by atoms with E-state index in [0.29, 0.717) is 6.54 Å². The van der Waals surface area contributed by atoms with E-state index in [2.05, 4.69) is 24.0 Å². The maximum absolute atomic E-state index is 12.6. The summed E-state index contributed by atoms with van der Waals surface area (Å²) in [6.45, 7) is 0.636. The van der Waals surface area contributed by atoms with Crippen LogP contribution in [-0.4, -0.2) is 52.4 Å². The zero-order valence-corrected chi connectivity index (χ0v) is 17.5. The number of hydrogen-bond acceptors (Lipinski definition) is 4. The van der Waals surface area contributed by atoms with Gasteiger partial charge in [-0.1, -0.05) is 41.8 Å². The van der Waals surface area contributed by atoms with Crippen LogP contribution in [0.1, 0.15) is 11.1 Å². The standard InChI is InChI=1S/C21H22N2O2S2/c1-22(2)13-7-9-16-14-17-8-5-6-10-20(17)26-21-12-11-18(15-19(16)21)27(24,25)23(3)4/h5-6,8,10-12,14-15H,13H2,1-4H3. The fourth-order valence-corrected chi connectivity index (χ4v) is 4.59. The normalized spacial score (nSPS) is 13.3. The lowest BCUT2D eigenvalue weighted by Gasteiger charge is -2.14. The minimum absolute atomic E-state index is 0.276. The number of nitrogens with zero attached hydrogens (tertiary/aromatic N) is 2. The second-order valence-corrected chi connectivity index (χ2v) is 9.92. The van der Waals surface area contributed by atoms with Crippen molar-refractivity contribution in [3.8, 4) is 11.8 Å². The summed E-state index contributed by atoms with van der Waals surface area (Å²) in [5.41, 5.74) is 2.77. The van der Waals surface area contributed by atoms with Crippen molar-refractivity contribution in [1.29, 1.82) is 0 Å². The van der Waals surface area contributed by atoms with E-state index in [9.17, 15) is 8.42 Å². The quantitative estimate of drug-likeness (QED) is 0.742. The van der Waals surface area contributed by atoms with Crippen LogP contribution in [0.25, 0.3) is 11.6 Å². The van der Waals surface area contributed by atoms with Crippen molar-refractivity contribution in [2.75, 3.05) is 34.7 Å². The summed E-state index contributed by atoms with van der Waals surface area (Å²) in [5.74, 6) is 6.42. The molecule has 2 aromatic carbocycles. The predicted octanol–water partition coefficient (Wildman–Crippen LogP) is 3.51. The highest BCUT2D eigenvalue weighted by Gasteiger charge is 2.21. The average Bonchev–Trinajstić information content (AvgIpc) is 2.77. The summed E-state index contributed by atoms with van der Waals surface area (Å²) >= 11 is 1.64. The van der Waals surface area contributed by atoms with Crippen LogP contribution >= 0.6 is 11.8 Å². The molecule has 3 rings (SSSR count). The van der Waals surface area contributed by atoms with Crippen LogP contribution < -0.4 is 0 Å². The molecule has 140 valence electrons. The second kappa shape index (κ2) is 7.91. The topological polar surface area (TPSA) is 40.6 Å². The molecule has 0 fully saturated rings. The molecular weight excluding hydrogens is 376 g/mol. The molecule has 27 heavy (non-hydrogen) atoms. The van der Waals surface area contributed by atoms with Crippen molar-refractivity contribution < 1.29 is 8.42 Å². The molecule has 1 aliphatic rings. The maximum atomic E-state index is 12.6. The smallest absolute Gasteiger partial charge is 0.242 e. The van der Waals surface area contributed by atoms with Crippen molar-refractivity contribution in [3.05, 3.63) is 53.6 Å². The number of hydrogen-bond donors (Lipinski definition) is 0. The molecule has 0 bridgehead atoms. The molecule has 1 aliphatic heterocycles. The predicted molar refractivity (Wildman–Crippen MR) is 112 cm³/mol. The van der Waals surface area contributed by atoms with E-state index in [1.54, 1.807) is 38.0 Å². The third-order valence-electron chi connectivity index (χ3n) is 4.08. The molecule has 0 aliphatic carbocycles. The van der Waals surface area contributed by atoms with Gasteiger partial charge in [0.05, 0.1) is 11.4 Å². The SMILES string of the molecule is CN(C)CC#CC1=Cc2ccccc2Sc2ccc(S(=O)(=O)N(C)C)cc21. The van der Waals surface area contributed by atoms with Gasteiger partial charge < -0.3 is 0 Å². The first-order valence-corrected chi connectivity index (χ1v) is 10.7. The van der Waals surface area contributed by atoms with Gasteiger partial charge in [0, 0.05) is 35.0 Å². The zero-order valence-electron chi connectivity index (χ0n) is 15.9. The molecule has 0 atom stereocenters. The van der Waals surface area contributed by atoms with Crippen molar-refractivity contribution in [1.82, 2.24) is 9.21 Å². The maximum Gasteiger partial charge on any atom is 0.242 e. The molecule has 6 heteroatoms. The zero-order chi connectivity index (χ0) is 19.6. The van der Waals surface area contributed by atoms with Gasteiger partial charge in [0.15, 0.2) is 0 Å². The van der Waals surface area contributed by atoms with Crippen molar-refractivity contribution in [2.45, 2.75) is 14.7 Å². The fraction of sp³-hybridized carbons (Fsp3) is 0.238. The summed E-state index contributed by atoms with van der Waals surface area (Å²) in [6, 6.07) is 13.4. The molecule has 0 unspecified atom stereocenters. The summed E-state index contributed by atoms with van der Waals surface area (Å²) < 4.78 is 26.4. The Kier molecular flexibility index (Phi) is 5.78. The molecule has 0 spiro atoms. The number of sulfonamides is 1. The van der Waals surface area contributed by atoms with E-state index < -0.39 is 10.0 Å². The lowest BCUT2D eigenvalue weighted by molar-refractivity contribution is 0.464. The fourth-order valence-electron chi connectivity index (χ4n) is 2.62. The number of benzene rings is 2. The Morgan fingerprint density at radius 2 is 1.74 bits per heavy atom. The van der Waals surface area contributed by atoms with Gasteiger partial charge >= 0.3 is 0 Å². The molecule has 0 radical (unpaired) electrons. The first-order valence-electron chi connectivity index (χ1n) is 8.48. The minimum atomic E-state index is -3.51. The number of fused-ring (bicyclic) bond motifs is 2. The Labute approximate surface area is 165 Å². The Balaban J connectivity index is 2.18. The summed E-state index contributed by atoms with van der Waals surface area (Å²) in [7, 11) is 3.51. The molecule has 0 amide bonds. The van der Waals surface area contributed by atoms with Crippen LogP contribution in [0.2, 0.25) is 0 Å². The van der Waals surface area contributed by atoms with E-state index >= 15 is 0 Å². The third-order valence-corrected chi connectivity index (χ3v) is 7.06. The Morgan fingerprint density at radius 3 is 2.44 bits per heavy atom. The van der Waals surface area contributed by atoms with Crippen LogP contribution in [0, 0.1) is 11.8 Å². The largest absolute Gasteiger partial charge is 0.299 e. The Hall–Kier alpha value is -2.04. The van der Waals surface area contributed by atoms with Crippen molar-refractivity contribution in [2.24, 2.45) is 0 Å². The van der Waals surface area contributed by atoms with Crippen LogP contribution in [0.3, 0.4) is 0 Å². The first kappa shape index (κ1) is 19.7.